The monoisotopic (exact) mass is 771 g/mol. The molecule has 0 heterocycles. The molecule has 0 saturated heterocycles. The third-order valence-electron chi connectivity index (χ3n) is 9.85. The van der Waals surface area contributed by atoms with Crippen LogP contribution in [0.5, 0.6) is 0 Å². The van der Waals surface area contributed by atoms with Crippen molar-refractivity contribution in [3.63, 3.8) is 0 Å². The van der Waals surface area contributed by atoms with Gasteiger partial charge in [-0.2, -0.15) is 0 Å². The number of rotatable bonds is 41. The van der Waals surface area contributed by atoms with E-state index in [4.69, 9.17) is 14.2 Å². The number of carbonyl (C=O) groups is 3. The van der Waals surface area contributed by atoms with E-state index in [1.54, 1.807) is 0 Å². The average Bonchev–Trinajstić information content (AvgIpc) is 3.18. The van der Waals surface area contributed by atoms with Crippen molar-refractivity contribution in [1.82, 2.24) is 0 Å². The van der Waals surface area contributed by atoms with Crippen LogP contribution in [0.1, 0.15) is 226 Å². The predicted octanol–water partition coefficient (Wildman–Crippen LogP) is 14.8. The Balaban J connectivity index is 4.33. The highest BCUT2D eigenvalue weighted by atomic mass is 16.6. The van der Waals surface area contributed by atoms with Crippen LogP contribution in [0.2, 0.25) is 0 Å². The minimum atomic E-state index is -0.794. The maximum Gasteiger partial charge on any atom is 0.306 e. The largest absolute Gasteiger partial charge is 0.462 e. The molecule has 0 rings (SSSR count). The summed E-state index contributed by atoms with van der Waals surface area (Å²) < 4.78 is 16.6. The van der Waals surface area contributed by atoms with Gasteiger partial charge in [0.2, 0.25) is 0 Å². The van der Waals surface area contributed by atoms with Crippen molar-refractivity contribution < 1.29 is 28.6 Å². The normalized spacial score (nSPS) is 12.4. The lowest BCUT2D eigenvalue weighted by atomic mass is 10.0. The zero-order valence-electron chi connectivity index (χ0n) is 36.2. The number of esters is 3. The van der Waals surface area contributed by atoms with Crippen LogP contribution >= 0.6 is 0 Å². The number of ether oxygens (including phenoxy) is 3. The molecule has 0 amide bonds. The molecule has 0 aromatic heterocycles. The topological polar surface area (TPSA) is 78.9 Å². The second-order valence-corrected chi connectivity index (χ2v) is 15.3. The van der Waals surface area contributed by atoms with Gasteiger partial charge in [0.1, 0.15) is 13.2 Å². The maximum absolute atomic E-state index is 12.7. The zero-order valence-corrected chi connectivity index (χ0v) is 36.2. The van der Waals surface area contributed by atoms with Gasteiger partial charge in [-0.25, -0.2) is 0 Å². The first-order valence-electron chi connectivity index (χ1n) is 23.2. The van der Waals surface area contributed by atoms with Gasteiger partial charge in [0.15, 0.2) is 6.10 Å². The Morgan fingerprint density at radius 1 is 0.400 bits per heavy atom. The molecule has 55 heavy (non-hydrogen) atoms. The average molecular weight is 771 g/mol. The van der Waals surface area contributed by atoms with E-state index < -0.39 is 6.10 Å². The highest BCUT2D eigenvalue weighted by Gasteiger charge is 2.19. The molecule has 318 valence electrons. The zero-order chi connectivity index (χ0) is 40.1. The number of allylic oxidation sites excluding steroid dienone is 8. The standard InChI is InChI=1S/C49H86O6/c1-4-7-10-13-16-19-21-22-23-24-25-26-28-30-33-36-39-42-48(51)54-45-46(44-53-47(50)41-38-35-32-29-18-15-12-9-6-3)55-49(52)43-40-37-34-31-27-20-17-14-11-8-5-2/h9,12,14,17-18,20,27,29,46H,4-8,10-11,13,15-16,19,21-26,28,30-45H2,1-3H3/b12-9-,17-14-,27-20-,29-18-. The summed E-state index contributed by atoms with van der Waals surface area (Å²) in [5.41, 5.74) is 0. The van der Waals surface area contributed by atoms with E-state index in [0.717, 1.165) is 83.5 Å². The molecule has 0 saturated carbocycles. The van der Waals surface area contributed by atoms with Crippen molar-refractivity contribution in [2.45, 2.75) is 232 Å². The van der Waals surface area contributed by atoms with Gasteiger partial charge in [0, 0.05) is 19.3 Å². The van der Waals surface area contributed by atoms with Crippen molar-refractivity contribution in [3.8, 4) is 0 Å². The minimum absolute atomic E-state index is 0.0926. The summed E-state index contributed by atoms with van der Waals surface area (Å²) in [6.45, 7) is 6.40. The molecule has 1 unspecified atom stereocenters. The van der Waals surface area contributed by atoms with Crippen LogP contribution < -0.4 is 0 Å². The fourth-order valence-corrected chi connectivity index (χ4v) is 6.34. The van der Waals surface area contributed by atoms with Crippen molar-refractivity contribution in [3.05, 3.63) is 48.6 Å². The van der Waals surface area contributed by atoms with E-state index in [2.05, 4.69) is 69.4 Å². The Kier molecular flexibility index (Phi) is 42.0. The number of unbranched alkanes of at least 4 members (excludes halogenated alkanes) is 23. The SMILES string of the molecule is CC/C=C\C/C=C\CCCCC(=O)OCC(COC(=O)CCCCCCCCCCCCCCCCCCC)OC(=O)CCCCC/C=C\C=C/CCCC. The quantitative estimate of drug-likeness (QED) is 0.0202. The van der Waals surface area contributed by atoms with Gasteiger partial charge < -0.3 is 14.2 Å². The molecule has 0 spiro atoms. The van der Waals surface area contributed by atoms with Gasteiger partial charge in [0.25, 0.3) is 0 Å². The molecule has 1 atom stereocenters. The molecular weight excluding hydrogens is 685 g/mol. The van der Waals surface area contributed by atoms with Crippen LogP contribution in [-0.2, 0) is 28.6 Å². The lowest BCUT2D eigenvalue weighted by molar-refractivity contribution is -0.167. The molecule has 0 aliphatic carbocycles. The third-order valence-corrected chi connectivity index (χ3v) is 9.85. The summed E-state index contributed by atoms with van der Waals surface area (Å²) in [7, 11) is 0. The molecule has 0 aliphatic heterocycles. The van der Waals surface area contributed by atoms with Crippen LogP contribution in [0.4, 0.5) is 0 Å². The molecule has 0 radical (unpaired) electrons. The first-order valence-corrected chi connectivity index (χ1v) is 23.2. The molecule has 0 aromatic rings. The van der Waals surface area contributed by atoms with Crippen molar-refractivity contribution in [2.24, 2.45) is 0 Å². The fourth-order valence-electron chi connectivity index (χ4n) is 6.34. The molecule has 6 heteroatoms. The van der Waals surface area contributed by atoms with Crippen molar-refractivity contribution >= 4 is 17.9 Å². The Hall–Kier alpha value is -2.63. The fraction of sp³-hybridized carbons (Fsp3) is 0.776. The predicted molar refractivity (Wildman–Crippen MR) is 233 cm³/mol. The molecular formula is C49H86O6. The van der Waals surface area contributed by atoms with E-state index in [0.29, 0.717) is 19.3 Å². The van der Waals surface area contributed by atoms with Crippen LogP contribution in [0.15, 0.2) is 48.6 Å². The summed E-state index contributed by atoms with van der Waals surface area (Å²) in [6.07, 6.45) is 51.1. The number of hydrogen-bond donors (Lipinski definition) is 0. The molecule has 0 aliphatic rings. The van der Waals surface area contributed by atoms with E-state index >= 15 is 0 Å². The summed E-state index contributed by atoms with van der Waals surface area (Å²) in [5, 5.41) is 0. The highest BCUT2D eigenvalue weighted by Crippen LogP contribution is 2.15. The summed E-state index contributed by atoms with van der Waals surface area (Å²) in [4.78, 5) is 37.6. The van der Waals surface area contributed by atoms with Gasteiger partial charge in [-0.3, -0.25) is 14.4 Å². The van der Waals surface area contributed by atoms with E-state index in [1.165, 1.54) is 103 Å². The Morgan fingerprint density at radius 2 is 0.782 bits per heavy atom. The third kappa shape index (κ3) is 42.4. The smallest absolute Gasteiger partial charge is 0.306 e. The molecule has 6 nitrogen and oxygen atoms in total. The van der Waals surface area contributed by atoms with Crippen LogP contribution in [0, 0.1) is 0 Å². The van der Waals surface area contributed by atoms with E-state index in [-0.39, 0.29) is 31.1 Å². The van der Waals surface area contributed by atoms with E-state index in [1.807, 2.05) is 0 Å². The number of hydrogen-bond acceptors (Lipinski definition) is 6. The van der Waals surface area contributed by atoms with Crippen molar-refractivity contribution in [1.29, 1.82) is 0 Å². The molecule has 0 bridgehead atoms. The van der Waals surface area contributed by atoms with Crippen LogP contribution in [-0.4, -0.2) is 37.2 Å². The second-order valence-electron chi connectivity index (χ2n) is 15.3. The Labute approximate surface area is 339 Å². The van der Waals surface area contributed by atoms with Gasteiger partial charge in [-0.1, -0.05) is 191 Å². The van der Waals surface area contributed by atoms with Crippen molar-refractivity contribution in [2.75, 3.05) is 13.2 Å². The maximum atomic E-state index is 12.7. The van der Waals surface area contributed by atoms with Gasteiger partial charge in [-0.15, -0.1) is 0 Å². The lowest BCUT2D eigenvalue weighted by Crippen LogP contribution is -2.30. The number of carbonyl (C=O) groups excluding carboxylic acids is 3. The van der Waals surface area contributed by atoms with Crippen LogP contribution in [0.25, 0.3) is 0 Å². The summed E-state index contributed by atoms with van der Waals surface area (Å²) in [6, 6.07) is 0. The Bertz CT molecular complexity index is 980. The first kappa shape index (κ1) is 52.4. The molecule has 0 N–H and O–H groups in total. The van der Waals surface area contributed by atoms with Crippen LogP contribution in [0.3, 0.4) is 0 Å². The lowest BCUT2D eigenvalue weighted by Gasteiger charge is -2.18. The van der Waals surface area contributed by atoms with Gasteiger partial charge >= 0.3 is 17.9 Å². The van der Waals surface area contributed by atoms with E-state index in [9.17, 15) is 14.4 Å². The first-order chi connectivity index (χ1) is 27.0. The summed E-state index contributed by atoms with van der Waals surface area (Å²) in [5.74, 6) is -0.959. The minimum Gasteiger partial charge on any atom is -0.462 e. The molecule has 0 aromatic carbocycles. The van der Waals surface area contributed by atoms with Gasteiger partial charge in [0.05, 0.1) is 0 Å². The molecule has 0 fully saturated rings. The second kappa shape index (κ2) is 44.1. The Morgan fingerprint density at radius 3 is 1.29 bits per heavy atom. The summed E-state index contributed by atoms with van der Waals surface area (Å²) >= 11 is 0. The van der Waals surface area contributed by atoms with Gasteiger partial charge in [-0.05, 0) is 64.2 Å². The highest BCUT2D eigenvalue weighted by molar-refractivity contribution is 5.71.